The molecule has 0 aromatic heterocycles. The van der Waals surface area contributed by atoms with Gasteiger partial charge < -0.3 is 5.32 Å². The lowest BCUT2D eigenvalue weighted by molar-refractivity contribution is -0.116. The summed E-state index contributed by atoms with van der Waals surface area (Å²) in [6.07, 6.45) is 3.89. The van der Waals surface area contributed by atoms with Gasteiger partial charge in [0.15, 0.2) is 0 Å². The van der Waals surface area contributed by atoms with Crippen LogP contribution in [0.3, 0.4) is 0 Å². The van der Waals surface area contributed by atoms with Gasteiger partial charge in [0.05, 0.1) is 11.4 Å². The van der Waals surface area contributed by atoms with E-state index in [0.29, 0.717) is 25.2 Å². The normalized spacial score (nSPS) is 15.9. The van der Waals surface area contributed by atoms with Gasteiger partial charge in [-0.05, 0) is 67.7 Å². The molecule has 0 saturated carbocycles. The minimum atomic E-state index is -3.17. The highest BCUT2D eigenvalue weighted by molar-refractivity contribution is 7.93. The van der Waals surface area contributed by atoms with Gasteiger partial charge in [-0.1, -0.05) is 29.8 Å². The highest BCUT2D eigenvalue weighted by Gasteiger charge is 2.28. The van der Waals surface area contributed by atoms with E-state index in [9.17, 15) is 13.2 Å². The number of anilines is 1. The fourth-order valence-corrected chi connectivity index (χ4v) is 5.14. The predicted molar refractivity (Wildman–Crippen MR) is 114 cm³/mol. The van der Waals surface area contributed by atoms with Crippen LogP contribution in [0.5, 0.6) is 0 Å². The summed E-state index contributed by atoms with van der Waals surface area (Å²) in [5, 5.41) is 2.92. The Bertz CT molecular complexity index is 986. The number of hydrogen-bond donors (Lipinski definition) is 1. The molecule has 5 nitrogen and oxygen atoms in total. The first-order chi connectivity index (χ1) is 13.3. The molecule has 3 rings (SSSR count). The van der Waals surface area contributed by atoms with Crippen LogP contribution in [0.4, 0.5) is 5.69 Å². The van der Waals surface area contributed by atoms with Crippen molar-refractivity contribution in [3.8, 4) is 0 Å². The number of benzene rings is 2. The van der Waals surface area contributed by atoms with Crippen LogP contribution in [0.2, 0.25) is 0 Å². The van der Waals surface area contributed by atoms with Crippen molar-refractivity contribution in [1.29, 1.82) is 0 Å². The molecule has 1 aliphatic rings. The number of hydrogen-bond acceptors (Lipinski definition) is 3. The lowest BCUT2D eigenvalue weighted by Crippen LogP contribution is -2.24. The zero-order chi connectivity index (χ0) is 20.3. The Kier molecular flexibility index (Phi) is 5.89. The summed E-state index contributed by atoms with van der Waals surface area (Å²) in [5.74, 6) is 0.0416. The van der Waals surface area contributed by atoms with E-state index in [1.165, 1.54) is 27.1 Å². The molecule has 0 bridgehead atoms. The van der Waals surface area contributed by atoms with E-state index in [-0.39, 0.29) is 11.7 Å². The van der Waals surface area contributed by atoms with Gasteiger partial charge in [-0.15, -0.1) is 0 Å². The van der Waals surface area contributed by atoms with Crippen LogP contribution in [0.1, 0.15) is 34.2 Å². The zero-order valence-electron chi connectivity index (χ0n) is 16.5. The predicted octanol–water partition coefficient (Wildman–Crippen LogP) is 3.48. The molecule has 1 fully saturated rings. The van der Waals surface area contributed by atoms with E-state index in [4.69, 9.17) is 0 Å². The molecular weight excluding hydrogens is 372 g/mol. The summed E-state index contributed by atoms with van der Waals surface area (Å²) in [6.45, 7) is 7.19. The Morgan fingerprint density at radius 3 is 2.32 bits per heavy atom. The lowest BCUT2D eigenvalue weighted by atomic mass is 10.00. The van der Waals surface area contributed by atoms with Crippen LogP contribution in [0, 0.1) is 20.8 Å². The summed E-state index contributed by atoms with van der Waals surface area (Å²) in [6, 6.07) is 11.4. The van der Waals surface area contributed by atoms with E-state index < -0.39 is 10.0 Å². The number of rotatable bonds is 5. The number of amides is 1. The number of nitrogens with one attached hydrogen (secondary N) is 1. The summed E-state index contributed by atoms with van der Waals surface area (Å²) < 4.78 is 25.4. The van der Waals surface area contributed by atoms with Crippen molar-refractivity contribution in [2.24, 2.45) is 0 Å². The van der Waals surface area contributed by atoms with Crippen molar-refractivity contribution < 1.29 is 13.2 Å². The van der Waals surface area contributed by atoms with Crippen LogP contribution < -0.4 is 9.62 Å². The highest BCUT2D eigenvalue weighted by Crippen LogP contribution is 2.24. The Morgan fingerprint density at radius 2 is 1.75 bits per heavy atom. The highest BCUT2D eigenvalue weighted by atomic mass is 32.2. The smallest absolute Gasteiger partial charge is 0.244 e. The maximum absolute atomic E-state index is 12.2. The number of aryl methyl sites for hydroxylation is 3. The van der Waals surface area contributed by atoms with E-state index in [0.717, 1.165) is 11.1 Å². The van der Waals surface area contributed by atoms with Crippen molar-refractivity contribution in [1.82, 2.24) is 5.32 Å². The Balaban J connectivity index is 1.60. The largest absolute Gasteiger partial charge is 0.348 e. The van der Waals surface area contributed by atoms with Crippen molar-refractivity contribution in [3.63, 3.8) is 0 Å². The summed E-state index contributed by atoms with van der Waals surface area (Å²) in [7, 11) is -3.17. The molecule has 0 atom stereocenters. The molecule has 1 amide bonds. The standard InChI is InChI=1S/C22H26N2O3S/c1-16-13-17(2)21(18(3)14-16)15-23-22(25)10-7-19-5-8-20(9-6-19)24-11-4-12-28(24,26)27/h5-10,13-14H,4,11-12,15H2,1-3H3,(H,23,25)/b10-7+. The zero-order valence-corrected chi connectivity index (χ0v) is 17.3. The van der Waals surface area contributed by atoms with Crippen LogP contribution >= 0.6 is 0 Å². The monoisotopic (exact) mass is 398 g/mol. The third-order valence-electron chi connectivity index (χ3n) is 4.99. The Labute approximate surface area is 167 Å². The lowest BCUT2D eigenvalue weighted by Gasteiger charge is -2.16. The number of carbonyl (C=O) groups excluding carboxylic acids is 1. The van der Waals surface area contributed by atoms with Gasteiger partial charge in [0.2, 0.25) is 15.9 Å². The summed E-state index contributed by atoms with van der Waals surface area (Å²) in [5.41, 5.74) is 6.23. The first-order valence-corrected chi connectivity index (χ1v) is 11.0. The van der Waals surface area contributed by atoms with Gasteiger partial charge in [-0.25, -0.2) is 8.42 Å². The fourth-order valence-electron chi connectivity index (χ4n) is 3.58. The Morgan fingerprint density at radius 1 is 1.11 bits per heavy atom. The molecule has 0 spiro atoms. The second-order valence-corrected chi connectivity index (χ2v) is 9.27. The molecule has 1 N–H and O–H groups in total. The van der Waals surface area contributed by atoms with E-state index >= 15 is 0 Å². The van der Waals surface area contributed by atoms with E-state index in [1.54, 1.807) is 18.2 Å². The molecule has 0 radical (unpaired) electrons. The fraction of sp³-hybridized carbons (Fsp3) is 0.318. The average molecular weight is 399 g/mol. The van der Waals surface area contributed by atoms with E-state index in [2.05, 4.69) is 38.2 Å². The second kappa shape index (κ2) is 8.19. The SMILES string of the molecule is Cc1cc(C)c(CNC(=O)/C=C/c2ccc(N3CCCS3(=O)=O)cc2)c(C)c1. The van der Waals surface area contributed by atoms with Gasteiger partial charge in [0.25, 0.3) is 0 Å². The van der Waals surface area contributed by atoms with Crippen molar-refractivity contribution in [2.45, 2.75) is 33.7 Å². The average Bonchev–Trinajstić information content (AvgIpc) is 2.98. The number of carbonyl (C=O) groups is 1. The third-order valence-corrected chi connectivity index (χ3v) is 6.86. The van der Waals surface area contributed by atoms with Crippen molar-refractivity contribution in [2.75, 3.05) is 16.6 Å². The van der Waals surface area contributed by atoms with Crippen molar-refractivity contribution in [3.05, 3.63) is 70.3 Å². The summed E-state index contributed by atoms with van der Waals surface area (Å²) in [4.78, 5) is 12.2. The van der Waals surface area contributed by atoms with Crippen LogP contribution in [0.25, 0.3) is 6.08 Å². The molecule has 1 saturated heterocycles. The van der Waals surface area contributed by atoms with Gasteiger partial charge in [0.1, 0.15) is 0 Å². The number of nitrogens with zero attached hydrogens (tertiary/aromatic N) is 1. The molecule has 1 heterocycles. The van der Waals surface area contributed by atoms with E-state index in [1.807, 2.05) is 12.1 Å². The molecular formula is C22H26N2O3S. The second-order valence-electron chi connectivity index (χ2n) is 7.26. The van der Waals surface area contributed by atoms with Gasteiger partial charge in [-0.2, -0.15) is 0 Å². The molecule has 1 aliphatic heterocycles. The molecule has 2 aromatic rings. The quantitative estimate of drug-likeness (QED) is 0.784. The Hall–Kier alpha value is -2.60. The van der Waals surface area contributed by atoms with Crippen LogP contribution in [-0.2, 0) is 21.4 Å². The first kappa shape index (κ1) is 20.1. The van der Waals surface area contributed by atoms with Gasteiger partial charge in [0, 0.05) is 19.2 Å². The molecule has 0 aliphatic carbocycles. The van der Waals surface area contributed by atoms with Crippen LogP contribution in [-0.4, -0.2) is 26.6 Å². The molecule has 2 aromatic carbocycles. The van der Waals surface area contributed by atoms with Crippen molar-refractivity contribution >= 4 is 27.7 Å². The first-order valence-electron chi connectivity index (χ1n) is 9.39. The minimum Gasteiger partial charge on any atom is -0.348 e. The number of sulfonamides is 1. The molecule has 28 heavy (non-hydrogen) atoms. The van der Waals surface area contributed by atoms with Crippen LogP contribution in [0.15, 0.2) is 42.5 Å². The molecule has 6 heteroatoms. The topological polar surface area (TPSA) is 66.5 Å². The minimum absolute atomic E-state index is 0.162. The van der Waals surface area contributed by atoms with Gasteiger partial charge in [-0.3, -0.25) is 9.10 Å². The van der Waals surface area contributed by atoms with Gasteiger partial charge >= 0.3 is 0 Å². The third kappa shape index (κ3) is 4.62. The molecule has 148 valence electrons. The maximum Gasteiger partial charge on any atom is 0.244 e. The maximum atomic E-state index is 12.2. The molecule has 0 unspecified atom stereocenters. The summed E-state index contributed by atoms with van der Waals surface area (Å²) >= 11 is 0.